The number of aliphatic hydroxyl groups is 1. The monoisotopic (exact) mass is 129 g/mol. The van der Waals surface area contributed by atoms with E-state index >= 15 is 0 Å². The zero-order valence-electron chi connectivity index (χ0n) is 5.93. The van der Waals surface area contributed by atoms with Crippen LogP contribution in [0.15, 0.2) is 0 Å². The zero-order chi connectivity index (χ0) is 6.69. The zero-order valence-corrected chi connectivity index (χ0v) is 5.93. The van der Waals surface area contributed by atoms with Gasteiger partial charge in [0.2, 0.25) is 0 Å². The highest BCUT2D eigenvalue weighted by molar-refractivity contribution is 4.83. The summed E-state index contributed by atoms with van der Waals surface area (Å²) in [5, 5.41) is 12.0. The van der Waals surface area contributed by atoms with Gasteiger partial charge in [-0.25, -0.2) is 0 Å². The van der Waals surface area contributed by atoms with Crippen LogP contribution in [0.2, 0.25) is 0 Å². The van der Waals surface area contributed by atoms with Crippen LogP contribution in [0.3, 0.4) is 0 Å². The molecule has 0 aromatic carbocycles. The fraction of sp³-hybridized carbons (Fsp3) is 1.00. The maximum atomic E-state index is 8.64. The van der Waals surface area contributed by atoms with E-state index in [2.05, 4.69) is 12.2 Å². The molecule has 0 aromatic heterocycles. The highest BCUT2D eigenvalue weighted by Gasteiger charge is 2.26. The van der Waals surface area contributed by atoms with Crippen molar-refractivity contribution in [2.75, 3.05) is 13.2 Å². The SMILES string of the molecule is CCN[C@H]1C[C@H](CO)C1. The van der Waals surface area contributed by atoms with Gasteiger partial charge in [-0.1, -0.05) is 6.92 Å². The summed E-state index contributed by atoms with van der Waals surface area (Å²) in [6, 6.07) is 0.701. The molecule has 9 heavy (non-hydrogen) atoms. The van der Waals surface area contributed by atoms with Crippen LogP contribution < -0.4 is 5.32 Å². The molecule has 0 atom stereocenters. The largest absolute Gasteiger partial charge is 0.396 e. The average Bonchev–Trinajstić information content (AvgIpc) is 1.77. The molecule has 0 aliphatic heterocycles. The molecule has 2 N–H and O–H groups in total. The minimum Gasteiger partial charge on any atom is -0.396 e. The van der Waals surface area contributed by atoms with Crippen molar-refractivity contribution in [1.29, 1.82) is 0 Å². The molecule has 2 heteroatoms. The van der Waals surface area contributed by atoms with Crippen molar-refractivity contribution in [3.05, 3.63) is 0 Å². The second kappa shape index (κ2) is 3.18. The average molecular weight is 129 g/mol. The number of rotatable bonds is 3. The van der Waals surface area contributed by atoms with Gasteiger partial charge in [0.15, 0.2) is 0 Å². The quantitative estimate of drug-likeness (QED) is 0.577. The van der Waals surface area contributed by atoms with E-state index < -0.39 is 0 Å². The van der Waals surface area contributed by atoms with Gasteiger partial charge in [0.05, 0.1) is 0 Å². The van der Waals surface area contributed by atoms with Crippen molar-refractivity contribution in [2.45, 2.75) is 25.8 Å². The van der Waals surface area contributed by atoms with Crippen molar-refractivity contribution in [2.24, 2.45) is 5.92 Å². The lowest BCUT2D eigenvalue weighted by Crippen LogP contribution is -2.42. The molecule has 1 aliphatic carbocycles. The summed E-state index contributed by atoms with van der Waals surface area (Å²) < 4.78 is 0. The van der Waals surface area contributed by atoms with E-state index in [9.17, 15) is 0 Å². The Labute approximate surface area is 56.3 Å². The Bertz CT molecular complexity index is 79.0. The summed E-state index contributed by atoms with van der Waals surface area (Å²) in [7, 11) is 0. The molecule has 1 saturated carbocycles. The fourth-order valence-electron chi connectivity index (χ4n) is 1.34. The third kappa shape index (κ3) is 1.66. The molecule has 0 heterocycles. The van der Waals surface area contributed by atoms with Crippen molar-refractivity contribution in [3.63, 3.8) is 0 Å². The lowest BCUT2D eigenvalue weighted by molar-refractivity contribution is 0.128. The minimum atomic E-state index is 0.377. The van der Waals surface area contributed by atoms with Gasteiger partial charge in [-0.05, 0) is 25.3 Å². The lowest BCUT2D eigenvalue weighted by atomic mass is 9.81. The van der Waals surface area contributed by atoms with Crippen molar-refractivity contribution < 1.29 is 5.11 Å². The normalized spacial score (nSPS) is 34.0. The molecule has 1 fully saturated rings. The van der Waals surface area contributed by atoms with Crippen LogP contribution in [0.25, 0.3) is 0 Å². The molecule has 1 aliphatic rings. The smallest absolute Gasteiger partial charge is 0.0460 e. The predicted octanol–water partition coefficient (Wildman–Crippen LogP) is 0.367. The van der Waals surface area contributed by atoms with Gasteiger partial charge in [-0.15, -0.1) is 0 Å². The standard InChI is InChI=1S/C7H15NO/c1-2-8-7-3-6(4-7)5-9/h6-9H,2-5H2,1H3/t6-,7-. The molecule has 54 valence electrons. The Hall–Kier alpha value is -0.0800. The van der Waals surface area contributed by atoms with E-state index in [1.54, 1.807) is 0 Å². The minimum absolute atomic E-state index is 0.377. The maximum absolute atomic E-state index is 8.64. The lowest BCUT2D eigenvalue weighted by Gasteiger charge is -2.34. The topological polar surface area (TPSA) is 32.3 Å². The Morgan fingerprint density at radius 2 is 2.22 bits per heavy atom. The summed E-state index contributed by atoms with van der Waals surface area (Å²) in [5.74, 6) is 0.592. The Morgan fingerprint density at radius 1 is 1.56 bits per heavy atom. The summed E-state index contributed by atoms with van der Waals surface area (Å²) >= 11 is 0. The van der Waals surface area contributed by atoms with Crippen molar-refractivity contribution in [3.8, 4) is 0 Å². The summed E-state index contributed by atoms with van der Waals surface area (Å²) in [6.07, 6.45) is 2.34. The third-order valence-corrected chi connectivity index (χ3v) is 1.99. The van der Waals surface area contributed by atoms with Gasteiger partial charge in [0, 0.05) is 12.6 Å². The summed E-state index contributed by atoms with van der Waals surface area (Å²) in [4.78, 5) is 0. The van der Waals surface area contributed by atoms with E-state index in [-0.39, 0.29) is 0 Å². The van der Waals surface area contributed by atoms with Gasteiger partial charge < -0.3 is 10.4 Å². The molecule has 0 saturated heterocycles. The van der Waals surface area contributed by atoms with E-state index in [1.807, 2.05) is 0 Å². The second-order valence-corrected chi connectivity index (χ2v) is 2.77. The van der Waals surface area contributed by atoms with Gasteiger partial charge in [0.25, 0.3) is 0 Å². The van der Waals surface area contributed by atoms with Gasteiger partial charge in [-0.3, -0.25) is 0 Å². The van der Waals surface area contributed by atoms with E-state index in [0.29, 0.717) is 18.6 Å². The first-order chi connectivity index (χ1) is 4.36. The molecule has 0 aromatic rings. The first-order valence-corrected chi connectivity index (χ1v) is 3.71. The molecule has 0 bridgehead atoms. The first kappa shape index (κ1) is 7.03. The Morgan fingerprint density at radius 3 is 2.67 bits per heavy atom. The molecular formula is C7H15NO. The van der Waals surface area contributed by atoms with Crippen LogP contribution in [-0.4, -0.2) is 24.3 Å². The van der Waals surface area contributed by atoms with E-state index in [4.69, 9.17) is 5.11 Å². The fourth-order valence-corrected chi connectivity index (χ4v) is 1.34. The highest BCUT2D eigenvalue weighted by Crippen LogP contribution is 2.26. The van der Waals surface area contributed by atoms with Gasteiger partial charge in [0.1, 0.15) is 0 Å². The van der Waals surface area contributed by atoms with Gasteiger partial charge >= 0.3 is 0 Å². The molecule has 0 radical (unpaired) electrons. The van der Waals surface area contributed by atoms with Crippen molar-refractivity contribution >= 4 is 0 Å². The van der Waals surface area contributed by atoms with Crippen LogP contribution in [0.1, 0.15) is 19.8 Å². The maximum Gasteiger partial charge on any atom is 0.0460 e. The highest BCUT2D eigenvalue weighted by atomic mass is 16.3. The van der Waals surface area contributed by atoms with Crippen LogP contribution in [0.5, 0.6) is 0 Å². The first-order valence-electron chi connectivity index (χ1n) is 3.71. The second-order valence-electron chi connectivity index (χ2n) is 2.77. The molecule has 1 rings (SSSR count). The summed E-state index contributed by atoms with van der Waals surface area (Å²) in [5.41, 5.74) is 0. The Kier molecular flexibility index (Phi) is 2.49. The van der Waals surface area contributed by atoms with Crippen LogP contribution in [-0.2, 0) is 0 Å². The predicted molar refractivity (Wildman–Crippen MR) is 37.3 cm³/mol. The molecule has 0 unspecified atom stereocenters. The van der Waals surface area contributed by atoms with E-state index in [1.165, 1.54) is 12.8 Å². The van der Waals surface area contributed by atoms with Crippen LogP contribution in [0.4, 0.5) is 0 Å². The summed E-state index contributed by atoms with van der Waals surface area (Å²) in [6.45, 7) is 3.55. The van der Waals surface area contributed by atoms with Crippen LogP contribution in [0, 0.1) is 5.92 Å². The molecular weight excluding hydrogens is 114 g/mol. The van der Waals surface area contributed by atoms with Crippen LogP contribution >= 0.6 is 0 Å². The third-order valence-electron chi connectivity index (χ3n) is 1.99. The molecule has 0 amide bonds. The molecule has 2 nitrogen and oxygen atoms in total. The van der Waals surface area contributed by atoms with Gasteiger partial charge in [-0.2, -0.15) is 0 Å². The van der Waals surface area contributed by atoms with E-state index in [0.717, 1.165) is 6.54 Å². The number of aliphatic hydroxyl groups excluding tert-OH is 1. The number of nitrogens with one attached hydrogen (secondary N) is 1. The number of hydrogen-bond acceptors (Lipinski definition) is 2. The molecule has 0 spiro atoms. The Balaban J connectivity index is 1.98. The number of hydrogen-bond donors (Lipinski definition) is 2. The van der Waals surface area contributed by atoms with Crippen molar-refractivity contribution in [1.82, 2.24) is 5.32 Å².